The van der Waals surface area contributed by atoms with E-state index in [4.69, 9.17) is 0 Å². The maximum absolute atomic E-state index is 13.6. The number of nitrogens with zero attached hydrogens (tertiary/aromatic N) is 2. The van der Waals surface area contributed by atoms with Gasteiger partial charge in [0.2, 0.25) is 12.4 Å². The zero-order valence-corrected chi connectivity index (χ0v) is 11.1. The van der Waals surface area contributed by atoms with Gasteiger partial charge in [-0.15, -0.1) is 0 Å². The molecule has 0 saturated heterocycles. The summed E-state index contributed by atoms with van der Waals surface area (Å²) >= 11 is 0. The summed E-state index contributed by atoms with van der Waals surface area (Å²) in [6.07, 6.45) is 2.01. The molecule has 19 heavy (non-hydrogen) atoms. The molecule has 3 rings (SSSR count). The second-order valence-corrected chi connectivity index (χ2v) is 4.93. The average Bonchev–Trinajstić information content (AvgIpc) is 2.38. The monoisotopic (exact) mass is 255 g/mol. The van der Waals surface area contributed by atoms with E-state index in [0.717, 1.165) is 29.2 Å². The lowest BCUT2D eigenvalue weighted by Crippen LogP contribution is -2.33. The molecule has 0 amide bonds. The Morgan fingerprint density at radius 2 is 1.89 bits per heavy atom. The van der Waals surface area contributed by atoms with E-state index in [0.29, 0.717) is 0 Å². The molecule has 0 bridgehead atoms. The molecule has 1 aliphatic rings. The molecule has 0 atom stereocenters. The molecular weight excluding hydrogens is 239 g/mol. The smallest absolute Gasteiger partial charge is 0.224 e. The number of anilines is 1. The SMILES string of the molecule is Cc1cc(F)cc2c1N(C)C[N+](c1ccccc1)=C2. The highest BCUT2D eigenvalue weighted by atomic mass is 19.1. The first-order valence-electron chi connectivity index (χ1n) is 6.33. The lowest BCUT2D eigenvalue weighted by atomic mass is 10.1. The van der Waals surface area contributed by atoms with Crippen LogP contribution in [-0.4, -0.2) is 24.5 Å². The number of hydrogen-bond donors (Lipinski definition) is 0. The van der Waals surface area contributed by atoms with Crippen LogP contribution in [0.2, 0.25) is 0 Å². The molecule has 2 nitrogen and oxygen atoms in total. The normalized spacial score (nSPS) is 14.1. The Kier molecular flexibility index (Phi) is 2.82. The van der Waals surface area contributed by atoms with Gasteiger partial charge in [-0.2, -0.15) is 4.58 Å². The molecule has 0 fully saturated rings. The van der Waals surface area contributed by atoms with Crippen molar-refractivity contribution in [2.75, 3.05) is 18.6 Å². The zero-order valence-electron chi connectivity index (χ0n) is 11.1. The van der Waals surface area contributed by atoms with E-state index in [9.17, 15) is 4.39 Å². The third-order valence-corrected chi connectivity index (χ3v) is 3.42. The molecule has 2 aromatic carbocycles. The van der Waals surface area contributed by atoms with Crippen molar-refractivity contribution in [3.05, 3.63) is 59.4 Å². The first-order chi connectivity index (χ1) is 9.15. The van der Waals surface area contributed by atoms with Crippen LogP contribution in [-0.2, 0) is 0 Å². The third-order valence-electron chi connectivity index (χ3n) is 3.42. The van der Waals surface area contributed by atoms with Crippen LogP contribution >= 0.6 is 0 Å². The number of para-hydroxylation sites is 1. The molecule has 1 aliphatic heterocycles. The topological polar surface area (TPSA) is 6.25 Å². The van der Waals surface area contributed by atoms with Crippen LogP contribution < -0.4 is 4.90 Å². The van der Waals surface area contributed by atoms with E-state index >= 15 is 0 Å². The average molecular weight is 255 g/mol. The Labute approximate surface area is 112 Å². The standard InChI is InChI=1S/C16H16FN2/c1-12-8-14(17)9-13-10-19(11-18(2)16(12)13)15-6-4-3-5-7-15/h3-10H,11H2,1-2H3/q+1. The minimum Gasteiger partial charge on any atom is -0.319 e. The Morgan fingerprint density at radius 3 is 2.63 bits per heavy atom. The fourth-order valence-electron chi connectivity index (χ4n) is 2.66. The number of hydrogen-bond acceptors (Lipinski definition) is 1. The molecule has 0 aromatic heterocycles. The Morgan fingerprint density at radius 1 is 1.16 bits per heavy atom. The van der Waals surface area contributed by atoms with Gasteiger partial charge in [-0.05, 0) is 24.6 Å². The lowest BCUT2D eigenvalue weighted by molar-refractivity contribution is -0.435. The summed E-state index contributed by atoms with van der Waals surface area (Å²) in [5.74, 6) is -0.184. The van der Waals surface area contributed by atoms with Crippen LogP contribution in [0.3, 0.4) is 0 Å². The van der Waals surface area contributed by atoms with Gasteiger partial charge in [0, 0.05) is 19.2 Å². The van der Waals surface area contributed by atoms with Gasteiger partial charge in [-0.3, -0.25) is 0 Å². The number of rotatable bonds is 1. The van der Waals surface area contributed by atoms with Crippen molar-refractivity contribution in [2.45, 2.75) is 6.92 Å². The molecule has 0 saturated carbocycles. The summed E-state index contributed by atoms with van der Waals surface area (Å²) in [5, 5.41) is 0. The Bertz CT molecular complexity index is 647. The van der Waals surface area contributed by atoms with E-state index in [2.05, 4.69) is 21.6 Å². The molecule has 2 aromatic rings. The van der Waals surface area contributed by atoms with Gasteiger partial charge < -0.3 is 4.90 Å². The van der Waals surface area contributed by atoms with E-state index in [-0.39, 0.29) is 5.82 Å². The van der Waals surface area contributed by atoms with E-state index in [1.807, 2.05) is 38.4 Å². The first kappa shape index (κ1) is 11.9. The van der Waals surface area contributed by atoms with Gasteiger partial charge in [0.25, 0.3) is 0 Å². The summed E-state index contributed by atoms with van der Waals surface area (Å²) in [6, 6.07) is 13.3. The molecule has 1 heterocycles. The van der Waals surface area contributed by atoms with Gasteiger partial charge in [0.05, 0.1) is 11.3 Å². The largest absolute Gasteiger partial charge is 0.319 e. The molecule has 96 valence electrons. The van der Waals surface area contributed by atoms with Crippen LogP contribution in [0, 0.1) is 12.7 Å². The highest BCUT2D eigenvalue weighted by Gasteiger charge is 2.23. The summed E-state index contributed by atoms with van der Waals surface area (Å²) < 4.78 is 15.7. The number of benzene rings is 2. The third kappa shape index (κ3) is 2.12. The minimum atomic E-state index is -0.184. The molecule has 0 aliphatic carbocycles. The number of aryl methyl sites for hydroxylation is 1. The van der Waals surface area contributed by atoms with Gasteiger partial charge in [-0.1, -0.05) is 18.2 Å². The highest BCUT2D eigenvalue weighted by molar-refractivity contribution is 5.88. The quantitative estimate of drug-likeness (QED) is 0.709. The Balaban J connectivity index is 2.14. The fourth-order valence-corrected chi connectivity index (χ4v) is 2.66. The van der Waals surface area contributed by atoms with Crippen molar-refractivity contribution in [3.63, 3.8) is 0 Å². The van der Waals surface area contributed by atoms with E-state index in [1.54, 1.807) is 12.1 Å². The van der Waals surface area contributed by atoms with Crippen LogP contribution in [0.1, 0.15) is 11.1 Å². The number of halogens is 1. The van der Waals surface area contributed by atoms with Crippen LogP contribution in [0.4, 0.5) is 15.8 Å². The van der Waals surface area contributed by atoms with E-state index in [1.165, 1.54) is 0 Å². The highest BCUT2D eigenvalue weighted by Crippen LogP contribution is 2.28. The van der Waals surface area contributed by atoms with Crippen molar-refractivity contribution in [3.8, 4) is 0 Å². The second-order valence-electron chi connectivity index (χ2n) is 4.93. The van der Waals surface area contributed by atoms with Gasteiger partial charge in [0.15, 0.2) is 6.21 Å². The van der Waals surface area contributed by atoms with Gasteiger partial charge in [0.1, 0.15) is 5.82 Å². The molecular formula is C16H16FN2+. The van der Waals surface area contributed by atoms with Crippen molar-refractivity contribution in [2.24, 2.45) is 0 Å². The van der Waals surface area contributed by atoms with Crippen LogP contribution in [0.5, 0.6) is 0 Å². The maximum atomic E-state index is 13.6. The van der Waals surface area contributed by atoms with Crippen molar-refractivity contribution < 1.29 is 8.97 Å². The van der Waals surface area contributed by atoms with Crippen molar-refractivity contribution >= 4 is 17.6 Å². The molecule has 0 N–H and O–H groups in total. The van der Waals surface area contributed by atoms with Gasteiger partial charge in [-0.25, -0.2) is 4.39 Å². The van der Waals surface area contributed by atoms with Crippen LogP contribution in [0.25, 0.3) is 0 Å². The van der Waals surface area contributed by atoms with E-state index < -0.39 is 0 Å². The zero-order chi connectivity index (χ0) is 13.4. The summed E-state index contributed by atoms with van der Waals surface area (Å²) in [6.45, 7) is 2.72. The summed E-state index contributed by atoms with van der Waals surface area (Å²) in [5.41, 5.74) is 4.12. The predicted molar refractivity (Wildman–Crippen MR) is 75.9 cm³/mol. The van der Waals surface area contributed by atoms with Gasteiger partial charge >= 0.3 is 0 Å². The molecule has 0 spiro atoms. The first-order valence-corrected chi connectivity index (χ1v) is 6.33. The Hall–Kier alpha value is -2.16. The lowest BCUT2D eigenvalue weighted by Gasteiger charge is -2.25. The number of fused-ring (bicyclic) bond motifs is 1. The maximum Gasteiger partial charge on any atom is 0.224 e. The summed E-state index contributed by atoms with van der Waals surface area (Å²) in [7, 11) is 2.03. The molecule has 0 unspecified atom stereocenters. The molecule has 3 heteroatoms. The van der Waals surface area contributed by atoms with Crippen molar-refractivity contribution in [1.82, 2.24) is 0 Å². The minimum absolute atomic E-state index is 0.184. The predicted octanol–water partition coefficient (Wildman–Crippen LogP) is 3.30. The second kappa shape index (κ2) is 4.50. The fraction of sp³-hybridized carbons (Fsp3) is 0.188. The van der Waals surface area contributed by atoms with Crippen LogP contribution in [0.15, 0.2) is 42.5 Å². The van der Waals surface area contributed by atoms with Crippen molar-refractivity contribution in [1.29, 1.82) is 0 Å². The molecule has 0 radical (unpaired) electrons. The summed E-state index contributed by atoms with van der Waals surface area (Å²) in [4.78, 5) is 2.15.